The number of aromatic nitrogens is 1. The van der Waals surface area contributed by atoms with Gasteiger partial charge in [0, 0.05) is 0 Å². The maximum Gasteiger partial charge on any atom is 0.205 e. The molecule has 0 atom stereocenters. The molecule has 0 amide bonds. The Bertz CT molecular complexity index is 491. The molecule has 0 aliphatic heterocycles. The van der Waals surface area contributed by atoms with Crippen molar-refractivity contribution < 1.29 is 4.42 Å². The van der Waals surface area contributed by atoms with E-state index in [-0.39, 0.29) is 5.92 Å². The first-order valence-electron chi connectivity index (χ1n) is 5.61. The predicted octanol–water partition coefficient (Wildman–Crippen LogP) is 3.62. The summed E-state index contributed by atoms with van der Waals surface area (Å²) in [5, 5.41) is 0. The van der Waals surface area contributed by atoms with Crippen LogP contribution in [0.3, 0.4) is 0 Å². The largest absolute Gasteiger partial charge is 0.447 e. The van der Waals surface area contributed by atoms with Crippen LogP contribution in [-0.2, 0) is 0 Å². The summed E-state index contributed by atoms with van der Waals surface area (Å²) in [5.41, 5.74) is 2.12. The molecule has 0 N–H and O–H groups in total. The van der Waals surface area contributed by atoms with Crippen LogP contribution in [0.15, 0.2) is 53.2 Å². The van der Waals surface area contributed by atoms with Gasteiger partial charge in [0.05, 0.1) is 5.92 Å². The van der Waals surface area contributed by atoms with Crippen LogP contribution in [0.1, 0.15) is 30.3 Å². The van der Waals surface area contributed by atoms with Gasteiger partial charge in [-0.3, -0.25) is 0 Å². The van der Waals surface area contributed by atoms with Crippen molar-refractivity contribution in [2.45, 2.75) is 18.8 Å². The molecule has 3 rings (SSSR count). The topological polar surface area (TPSA) is 26.0 Å². The third-order valence-corrected chi connectivity index (χ3v) is 2.85. The van der Waals surface area contributed by atoms with E-state index in [0.29, 0.717) is 0 Å². The fourth-order valence-electron chi connectivity index (χ4n) is 1.97. The molecule has 0 spiro atoms. The zero-order chi connectivity index (χ0) is 10.8. The molecule has 0 saturated carbocycles. The van der Waals surface area contributed by atoms with Gasteiger partial charge in [-0.15, -0.1) is 0 Å². The van der Waals surface area contributed by atoms with E-state index in [1.165, 1.54) is 5.57 Å². The van der Waals surface area contributed by atoms with Crippen LogP contribution in [-0.4, -0.2) is 4.98 Å². The van der Waals surface area contributed by atoms with Crippen molar-refractivity contribution in [3.8, 4) is 0 Å². The van der Waals surface area contributed by atoms with Gasteiger partial charge in [0.25, 0.3) is 0 Å². The highest BCUT2D eigenvalue weighted by Gasteiger charge is 2.15. The lowest BCUT2D eigenvalue weighted by atomic mass is 10.1. The van der Waals surface area contributed by atoms with Crippen LogP contribution in [0, 0.1) is 0 Å². The van der Waals surface area contributed by atoms with Crippen molar-refractivity contribution in [2.24, 2.45) is 0 Å². The van der Waals surface area contributed by atoms with E-state index < -0.39 is 0 Å². The number of oxazole rings is 1. The van der Waals surface area contributed by atoms with Crippen LogP contribution in [0.25, 0.3) is 5.57 Å². The van der Waals surface area contributed by atoms with Gasteiger partial charge in [-0.1, -0.05) is 42.5 Å². The second kappa shape index (κ2) is 3.97. The number of hydrogen-bond acceptors (Lipinski definition) is 2. The number of rotatable bonds is 2. The molecule has 0 bridgehead atoms. The zero-order valence-electron chi connectivity index (χ0n) is 8.97. The molecule has 1 heterocycles. The average molecular weight is 211 g/mol. The van der Waals surface area contributed by atoms with Crippen molar-refractivity contribution in [3.05, 3.63) is 60.4 Å². The molecule has 0 fully saturated rings. The SMILES string of the molecule is C1=CC(c2nc(C3=CCCC=C3)co2)C=C1. The van der Waals surface area contributed by atoms with E-state index in [9.17, 15) is 0 Å². The second-order valence-electron chi connectivity index (χ2n) is 4.01. The molecular weight excluding hydrogens is 198 g/mol. The highest BCUT2D eigenvalue weighted by molar-refractivity contribution is 5.71. The first kappa shape index (κ1) is 9.40. The molecule has 2 heteroatoms. The standard InChI is InChI=1S/C14H13NO/c1-2-6-11(7-3-1)13-10-16-14(15-13)12-8-4-5-9-12/h2,4-10,12H,1,3H2. The van der Waals surface area contributed by atoms with E-state index >= 15 is 0 Å². The lowest BCUT2D eigenvalue weighted by Crippen LogP contribution is -1.91. The molecule has 2 aliphatic carbocycles. The second-order valence-corrected chi connectivity index (χ2v) is 4.01. The first-order valence-corrected chi connectivity index (χ1v) is 5.61. The molecule has 1 aromatic rings. The Balaban J connectivity index is 1.87. The Labute approximate surface area is 94.7 Å². The van der Waals surface area contributed by atoms with Crippen molar-refractivity contribution >= 4 is 5.57 Å². The summed E-state index contributed by atoms with van der Waals surface area (Å²) >= 11 is 0. The lowest BCUT2D eigenvalue weighted by Gasteiger charge is -2.02. The fourth-order valence-corrected chi connectivity index (χ4v) is 1.97. The van der Waals surface area contributed by atoms with Gasteiger partial charge in [0.15, 0.2) is 0 Å². The fraction of sp³-hybridized carbons (Fsp3) is 0.214. The van der Waals surface area contributed by atoms with Gasteiger partial charge < -0.3 is 4.42 Å². The van der Waals surface area contributed by atoms with Crippen molar-refractivity contribution in [2.75, 3.05) is 0 Å². The Morgan fingerprint density at radius 1 is 1.19 bits per heavy atom. The van der Waals surface area contributed by atoms with E-state index in [4.69, 9.17) is 4.42 Å². The highest BCUT2D eigenvalue weighted by atomic mass is 16.3. The van der Waals surface area contributed by atoms with Crippen LogP contribution >= 0.6 is 0 Å². The minimum atomic E-state index is 0.210. The van der Waals surface area contributed by atoms with E-state index in [2.05, 4.69) is 35.4 Å². The third kappa shape index (κ3) is 1.67. The maximum absolute atomic E-state index is 5.51. The van der Waals surface area contributed by atoms with Gasteiger partial charge in [0.1, 0.15) is 12.0 Å². The summed E-state index contributed by atoms with van der Waals surface area (Å²) < 4.78 is 5.51. The Kier molecular flexibility index (Phi) is 2.33. The molecule has 0 radical (unpaired) electrons. The van der Waals surface area contributed by atoms with Gasteiger partial charge in [-0.2, -0.15) is 0 Å². The van der Waals surface area contributed by atoms with Gasteiger partial charge in [-0.25, -0.2) is 4.98 Å². The summed E-state index contributed by atoms with van der Waals surface area (Å²) in [7, 11) is 0. The molecule has 0 saturated heterocycles. The van der Waals surface area contributed by atoms with Crippen LogP contribution < -0.4 is 0 Å². The molecule has 1 aromatic heterocycles. The molecule has 0 aromatic carbocycles. The van der Waals surface area contributed by atoms with Gasteiger partial charge in [-0.05, 0) is 18.4 Å². The van der Waals surface area contributed by atoms with Crippen molar-refractivity contribution in [1.29, 1.82) is 0 Å². The number of hydrogen-bond donors (Lipinski definition) is 0. The summed E-state index contributed by atoms with van der Waals surface area (Å²) in [6.45, 7) is 0. The minimum Gasteiger partial charge on any atom is -0.447 e. The molecule has 2 aliphatic rings. The van der Waals surface area contributed by atoms with Gasteiger partial charge in [0.2, 0.25) is 5.89 Å². The lowest BCUT2D eigenvalue weighted by molar-refractivity contribution is 0.495. The van der Waals surface area contributed by atoms with E-state index in [0.717, 1.165) is 24.4 Å². The Morgan fingerprint density at radius 2 is 2.06 bits per heavy atom. The van der Waals surface area contributed by atoms with Crippen molar-refractivity contribution in [1.82, 2.24) is 4.98 Å². The summed E-state index contributed by atoms with van der Waals surface area (Å²) in [4.78, 5) is 4.53. The first-order chi connectivity index (χ1) is 7.93. The molecular formula is C14H13NO. The normalized spacial score (nSPS) is 19.4. The monoisotopic (exact) mass is 211 g/mol. The molecule has 2 nitrogen and oxygen atoms in total. The molecule has 80 valence electrons. The van der Waals surface area contributed by atoms with Gasteiger partial charge >= 0.3 is 0 Å². The quantitative estimate of drug-likeness (QED) is 0.746. The van der Waals surface area contributed by atoms with Crippen molar-refractivity contribution in [3.63, 3.8) is 0 Å². The van der Waals surface area contributed by atoms with E-state index in [1.54, 1.807) is 6.26 Å². The Hall–Kier alpha value is -1.83. The zero-order valence-corrected chi connectivity index (χ0v) is 8.97. The molecule has 16 heavy (non-hydrogen) atoms. The van der Waals surface area contributed by atoms with E-state index in [1.807, 2.05) is 12.2 Å². The predicted molar refractivity (Wildman–Crippen MR) is 63.9 cm³/mol. The maximum atomic E-state index is 5.51. The number of nitrogens with zero attached hydrogens (tertiary/aromatic N) is 1. The van der Waals surface area contributed by atoms with Crippen LogP contribution in [0.4, 0.5) is 0 Å². The highest BCUT2D eigenvalue weighted by Crippen LogP contribution is 2.26. The smallest absolute Gasteiger partial charge is 0.205 e. The summed E-state index contributed by atoms with van der Waals surface area (Å²) in [5.74, 6) is 0.988. The average Bonchev–Trinajstić information content (AvgIpc) is 3.01. The molecule has 0 unspecified atom stereocenters. The van der Waals surface area contributed by atoms with Crippen LogP contribution in [0.2, 0.25) is 0 Å². The van der Waals surface area contributed by atoms with Crippen LogP contribution in [0.5, 0.6) is 0 Å². The number of allylic oxidation sites excluding steroid dienone is 8. The summed E-state index contributed by atoms with van der Waals surface area (Å²) in [6, 6.07) is 0. The third-order valence-electron chi connectivity index (χ3n) is 2.85. The minimum absolute atomic E-state index is 0.210. The summed E-state index contributed by atoms with van der Waals surface area (Å²) in [6.07, 6.45) is 18.7. The Morgan fingerprint density at radius 3 is 2.81 bits per heavy atom.